The summed E-state index contributed by atoms with van der Waals surface area (Å²) in [4.78, 5) is 0. The van der Waals surface area contributed by atoms with Gasteiger partial charge in [-0.05, 0) is 49.6 Å². The summed E-state index contributed by atoms with van der Waals surface area (Å²) in [5.41, 5.74) is 1.04. The van der Waals surface area contributed by atoms with Crippen molar-refractivity contribution in [2.24, 2.45) is 0 Å². The minimum absolute atomic E-state index is 0.361. The molecule has 0 fully saturated rings. The quantitative estimate of drug-likeness (QED) is 0.827. The van der Waals surface area contributed by atoms with Gasteiger partial charge in [0.1, 0.15) is 11.9 Å². The van der Waals surface area contributed by atoms with Gasteiger partial charge in [0.15, 0.2) is 0 Å². The second-order valence-corrected chi connectivity index (χ2v) is 5.88. The van der Waals surface area contributed by atoms with Crippen LogP contribution in [0.1, 0.15) is 17.4 Å². The predicted octanol–water partition coefficient (Wildman–Crippen LogP) is 3.28. The Bertz CT molecular complexity index is 604. The third-order valence-corrected chi connectivity index (χ3v) is 4.11. The number of methoxy groups -OCH3 is 1. The van der Waals surface area contributed by atoms with E-state index in [4.69, 9.17) is 4.74 Å². The van der Waals surface area contributed by atoms with Gasteiger partial charge in [0, 0.05) is 7.11 Å². The number of aromatic nitrogens is 2. The topological polar surface area (TPSA) is 47.3 Å². The number of nitrogens with zero attached hydrogens (tertiary/aromatic N) is 2. The molecule has 20 heavy (non-hydrogen) atoms. The number of benzene rings is 1. The summed E-state index contributed by atoms with van der Waals surface area (Å²) in [6.07, 6.45) is 0.634. The molecule has 4 nitrogen and oxygen atoms in total. The zero-order chi connectivity index (χ0) is 14.7. The monoisotopic (exact) mass is 406 g/mol. The fraction of sp³-hybridized carbons (Fsp3) is 0.308. The Morgan fingerprint density at radius 3 is 2.80 bits per heavy atom. The largest absolute Gasteiger partial charge is 0.383 e. The first kappa shape index (κ1) is 15.6. The van der Waals surface area contributed by atoms with Crippen molar-refractivity contribution in [2.45, 2.75) is 12.6 Å². The number of halogens is 3. The number of aliphatic hydroxyl groups excluding tert-OH is 1. The Labute approximate surface area is 132 Å². The van der Waals surface area contributed by atoms with Crippen LogP contribution in [0, 0.1) is 5.82 Å². The predicted molar refractivity (Wildman–Crippen MR) is 80.0 cm³/mol. The van der Waals surface area contributed by atoms with Crippen molar-refractivity contribution in [3.8, 4) is 0 Å². The van der Waals surface area contributed by atoms with Crippen molar-refractivity contribution in [1.29, 1.82) is 0 Å². The summed E-state index contributed by atoms with van der Waals surface area (Å²) < 4.78 is 21.2. The average Bonchev–Trinajstić information content (AvgIpc) is 2.80. The molecule has 0 saturated carbocycles. The second-order valence-electron chi connectivity index (χ2n) is 4.17. The van der Waals surface area contributed by atoms with Gasteiger partial charge < -0.3 is 9.84 Å². The van der Waals surface area contributed by atoms with Gasteiger partial charge in [-0.25, -0.2) is 4.39 Å². The Morgan fingerprint density at radius 2 is 2.15 bits per heavy atom. The number of rotatable bonds is 5. The van der Waals surface area contributed by atoms with Gasteiger partial charge in [-0.1, -0.05) is 6.07 Å². The van der Waals surface area contributed by atoms with E-state index in [0.717, 1.165) is 0 Å². The Kier molecular flexibility index (Phi) is 5.31. The van der Waals surface area contributed by atoms with E-state index in [0.29, 0.717) is 33.4 Å². The number of hydrogen-bond acceptors (Lipinski definition) is 3. The van der Waals surface area contributed by atoms with E-state index in [1.54, 1.807) is 30.1 Å². The molecule has 0 aliphatic carbocycles. The first-order chi connectivity index (χ1) is 9.54. The molecule has 0 aliphatic heterocycles. The van der Waals surface area contributed by atoms with Crippen molar-refractivity contribution in [3.05, 3.63) is 50.4 Å². The third-order valence-electron chi connectivity index (χ3n) is 2.86. The lowest BCUT2D eigenvalue weighted by atomic mass is 10.1. The summed E-state index contributed by atoms with van der Waals surface area (Å²) in [7, 11) is 1.60. The van der Waals surface area contributed by atoms with E-state index in [9.17, 15) is 9.50 Å². The molecule has 7 heteroatoms. The molecule has 0 bridgehead atoms. The second kappa shape index (κ2) is 6.80. The van der Waals surface area contributed by atoms with Crippen LogP contribution in [-0.4, -0.2) is 28.6 Å². The van der Waals surface area contributed by atoms with Gasteiger partial charge in [0.05, 0.1) is 34.0 Å². The lowest BCUT2D eigenvalue weighted by Crippen LogP contribution is -2.13. The molecule has 0 amide bonds. The van der Waals surface area contributed by atoms with Crippen LogP contribution in [0.4, 0.5) is 4.39 Å². The molecule has 108 valence electrons. The summed E-state index contributed by atoms with van der Waals surface area (Å²) in [5, 5.41) is 14.6. The van der Waals surface area contributed by atoms with Crippen molar-refractivity contribution in [3.63, 3.8) is 0 Å². The van der Waals surface area contributed by atoms with Crippen LogP contribution in [-0.2, 0) is 11.3 Å². The molecule has 1 unspecified atom stereocenters. The molecule has 1 N–H and O–H groups in total. The molecule has 1 heterocycles. The molecule has 0 radical (unpaired) electrons. The highest BCUT2D eigenvalue weighted by atomic mass is 79.9. The van der Waals surface area contributed by atoms with Crippen LogP contribution in [0.15, 0.2) is 33.3 Å². The molecule has 1 aromatic heterocycles. The van der Waals surface area contributed by atoms with Crippen LogP contribution < -0.4 is 0 Å². The van der Waals surface area contributed by atoms with Crippen molar-refractivity contribution in [1.82, 2.24) is 9.78 Å². The van der Waals surface area contributed by atoms with Crippen molar-refractivity contribution >= 4 is 31.9 Å². The molecule has 1 aromatic carbocycles. The number of hydrogen-bond donors (Lipinski definition) is 1. The normalized spacial score (nSPS) is 12.7. The Morgan fingerprint density at radius 1 is 1.40 bits per heavy atom. The van der Waals surface area contributed by atoms with E-state index in [1.165, 1.54) is 6.07 Å². The molecular weight excluding hydrogens is 395 g/mol. The van der Waals surface area contributed by atoms with Gasteiger partial charge in [-0.15, -0.1) is 0 Å². The summed E-state index contributed by atoms with van der Waals surface area (Å²) in [6.45, 7) is 0.982. The smallest absolute Gasteiger partial charge is 0.137 e. The van der Waals surface area contributed by atoms with Gasteiger partial charge in [-0.3, -0.25) is 4.68 Å². The summed E-state index contributed by atoms with van der Waals surface area (Å²) in [5.74, 6) is -0.416. The zero-order valence-corrected chi connectivity index (χ0v) is 13.9. The van der Waals surface area contributed by atoms with E-state index < -0.39 is 11.9 Å². The minimum Gasteiger partial charge on any atom is -0.383 e. The highest BCUT2D eigenvalue weighted by Gasteiger charge is 2.20. The maximum Gasteiger partial charge on any atom is 0.137 e. The molecule has 0 aliphatic rings. The first-order valence-corrected chi connectivity index (χ1v) is 7.46. The van der Waals surface area contributed by atoms with E-state index in [2.05, 4.69) is 37.0 Å². The fourth-order valence-electron chi connectivity index (χ4n) is 1.84. The van der Waals surface area contributed by atoms with Crippen LogP contribution in [0.25, 0.3) is 0 Å². The zero-order valence-electron chi connectivity index (χ0n) is 10.7. The average molecular weight is 408 g/mol. The van der Waals surface area contributed by atoms with E-state index >= 15 is 0 Å². The molecule has 0 saturated heterocycles. The molecular formula is C13H13Br2FN2O2. The van der Waals surface area contributed by atoms with Crippen LogP contribution in [0.3, 0.4) is 0 Å². The lowest BCUT2D eigenvalue weighted by Gasteiger charge is -2.15. The minimum atomic E-state index is -0.966. The SMILES string of the molecule is COCCn1ncc(Br)c1C(O)c1ccc(Br)c(F)c1. The van der Waals surface area contributed by atoms with Gasteiger partial charge in [0.2, 0.25) is 0 Å². The third kappa shape index (κ3) is 3.28. The lowest BCUT2D eigenvalue weighted by molar-refractivity contribution is 0.171. The summed E-state index contributed by atoms with van der Waals surface area (Å²) >= 11 is 6.44. The standard InChI is InChI=1S/C13H13Br2FN2O2/c1-20-5-4-18-12(10(15)7-17-18)13(19)8-2-3-9(14)11(16)6-8/h2-3,6-7,13,19H,4-5H2,1H3. The van der Waals surface area contributed by atoms with Crippen LogP contribution in [0.2, 0.25) is 0 Å². The number of aliphatic hydroxyl groups is 1. The molecule has 0 spiro atoms. The fourth-order valence-corrected chi connectivity index (χ4v) is 2.60. The maximum absolute atomic E-state index is 13.6. The van der Waals surface area contributed by atoms with Gasteiger partial charge in [0.25, 0.3) is 0 Å². The van der Waals surface area contributed by atoms with Crippen LogP contribution in [0.5, 0.6) is 0 Å². The van der Waals surface area contributed by atoms with Crippen molar-refractivity contribution in [2.75, 3.05) is 13.7 Å². The van der Waals surface area contributed by atoms with Crippen LogP contribution >= 0.6 is 31.9 Å². The van der Waals surface area contributed by atoms with Gasteiger partial charge >= 0.3 is 0 Å². The Hall–Kier alpha value is -0.760. The Balaban J connectivity index is 2.34. The van der Waals surface area contributed by atoms with E-state index in [1.807, 2.05) is 0 Å². The molecule has 1 atom stereocenters. The molecule has 2 rings (SSSR count). The van der Waals surface area contributed by atoms with Crippen molar-refractivity contribution < 1.29 is 14.2 Å². The highest BCUT2D eigenvalue weighted by Crippen LogP contribution is 2.30. The summed E-state index contributed by atoms with van der Waals surface area (Å²) in [6, 6.07) is 4.53. The number of ether oxygens (including phenoxy) is 1. The maximum atomic E-state index is 13.6. The first-order valence-electron chi connectivity index (χ1n) is 5.87. The van der Waals surface area contributed by atoms with E-state index in [-0.39, 0.29) is 0 Å². The highest BCUT2D eigenvalue weighted by molar-refractivity contribution is 9.10. The molecule has 2 aromatic rings. The van der Waals surface area contributed by atoms with Gasteiger partial charge in [-0.2, -0.15) is 5.10 Å².